The van der Waals surface area contributed by atoms with E-state index in [9.17, 15) is 9.59 Å². The van der Waals surface area contributed by atoms with Crippen LogP contribution in [0, 0.1) is 0 Å². The molecule has 1 N–H and O–H groups in total. The number of rotatable bonds is 7. The molecule has 0 saturated heterocycles. The monoisotopic (exact) mass is 369 g/mol. The van der Waals surface area contributed by atoms with Gasteiger partial charge in [0.1, 0.15) is 6.61 Å². The third kappa shape index (κ3) is 5.33. The van der Waals surface area contributed by atoms with Gasteiger partial charge in [0.05, 0.1) is 5.56 Å². The summed E-state index contributed by atoms with van der Waals surface area (Å²) in [6.45, 7) is 9.71. The van der Waals surface area contributed by atoms with Crippen LogP contribution in [0.25, 0.3) is 0 Å². The van der Waals surface area contributed by atoms with Crippen LogP contribution in [0.3, 0.4) is 0 Å². The summed E-state index contributed by atoms with van der Waals surface area (Å²) in [6, 6.07) is 13.0. The lowest BCUT2D eigenvalue weighted by Gasteiger charge is -2.22. The van der Waals surface area contributed by atoms with Crippen LogP contribution >= 0.6 is 0 Å². The Morgan fingerprint density at radius 3 is 2.11 bits per heavy atom. The summed E-state index contributed by atoms with van der Waals surface area (Å²) in [5.74, 6) is 0.0803. The lowest BCUT2D eigenvalue weighted by Crippen LogP contribution is -2.25. The van der Waals surface area contributed by atoms with Crippen molar-refractivity contribution < 1.29 is 19.2 Å². The summed E-state index contributed by atoms with van der Waals surface area (Å²) < 4.78 is 5.53. The molecule has 5 nitrogen and oxygen atoms in total. The molecule has 1 amide bonds. The first-order chi connectivity index (χ1) is 12.8. The molecule has 0 fully saturated rings. The molecule has 0 bridgehead atoms. The Hall–Kier alpha value is -2.82. The Bertz CT molecular complexity index is 797. The predicted molar refractivity (Wildman–Crippen MR) is 105 cm³/mol. The molecule has 0 aliphatic heterocycles. The van der Waals surface area contributed by atoms with Crippen LogP contribution < -0.4 is 10.3 Å². The highest BCUT2D eigenvalue weighted by molar-refractivity contribution is 5.92. The molecule has 0 unspecified atom stereocenters. The van der Waals surface area contributed by atoms with Crippen molar-refractivity contribution in [1.29, 1.82) is 0 Å². The van der Waals surface area contributed by atoms with Crippen molar-refractivity contribution in [1.82, 2.24) is 5.48 Å². The van der Waals surface area contributed by atoms with Gasteiger partial charge in [-0.1, -0.05) is 58.0 Å². The van der Waals surface area contributed by atoms with Crippen molar-refractivity contribution in [2.75, 3.05) is 0 Å². The minimum atomic E-state index is -0.365. The van der Waals surface area contributed by atoms with Crippen LogP contribution in [0.4, 0.5) is 0 Å². The Labute approximate surface area is 160 Å². The summed E-state index contributed by atoms with van der Waals surface area (Å²) in [6.07, 6.45) is 0. The van der Waals surface area contributed by atoms with E-state index in [-0.39, 0.29) is 30.3 Å². The fourth-order valence-electron chi connectivity index (χ4n) is 3.03. The molecule has 2 aromatic carbocycles. The smallest absolute Gasteiger partial charge is 0.338 e. The number of nitrogens with one attached hydrogen (secondary N) is 1. The van der Waals surface area contributed by atoms with Gasteiger partial charge in [-0.25, -0.2) is 4.79 Å². The van der Waals surface area contributed by atoms with Crippen molar-refractivity contribution in [3.05, 3.63) is 64.7 Å². The number of carbonyl (C=O) groups excluding carboxylic acids is 2. The highest BCUT2D eigenvalue weighted by Crippen LogP contribution is 2.36. The zero-order chi connectivity index (χ0) is 20.0. The summed E-state index contributed by atoms with van der Waals surface area (Å²) in [4.78, 5) is 29.4. The maximum atomic E-state index is 12.8. The van der Waals surface area contributed by atoms with Crippen molar-refractivity contribution in [2.24, 2.45) is 0 Å². The first kappa shape index (κ1) is 20.5. The van der Waals surface area contributed by atoms with Gasteiger partial charge >= 0.3 is 5.97 Å². The van der Waals surface area contributed by atoms with E-state index in [4.69, 9.17) is 9.57 Å². The quantitative estimate of drug-likeness (QED) is 0.566. The molecule has 0 radical (unpaired) electrons. The average molecular weight is 369 g/mol. The van der Waals surface area contributed by atoms with Gasteiger partial charge in [0.15, 0.2) is 5.75 Å². The number of amides is 1. The Kier molecular flexibility index (Phi) is 6.99. The van der Waals surface area contributed by atoms with Gasteiger partial charge < -0.3 is 9.57 Å². The zero-order valence-electron chi connectivity index (χ0n) is 16.5. The molecule has 2 aromatic rings. The van der Waals surface area contributed by atoms with Crippen molar-refractivity contribution in [3.63, 3.8) is 0 Å². The molecule has 0 aliphatic carbocycles. The minimum Gasteiger partial charge on any atom is -0.457 e. The summed E-state index contributed by atoms with van der Waals surface area (Å²) in [5.41, 5.74) is 5.60. The van der Waals surface area contributed by atoms with E-state index in [1.54, 1.807) is 12.1 Å². The van der Waals surface area contributed by atoms with Crippen LogP contribution in [-0.4, -0.2) is 11.9 Å². The minimum absolute atomic E-state index is 0.0857. The van der Waals surface area contributed by atoms with E-state index >= 15 is 0 Å². The number of benzene rings is 2. The third-order valence-electron chi connectivity index (χ3n) is 4.14. The predicted octanol–water partition coefficient (Wildman–Crippen LogP) is 4.72. The molecular formula is C22H27NO4. The Morgan fingerprint density at radius 1 is 0.926 bits per heavy atom. The van der Waals surface area contributed by atoms with E-state index < -0.39 is 0 Å². The lowest BCUT2D eigenvalue weighted by atomic mass is 9.86. The Balaban J connectivity index is 2.35. The van der Waals surface area contributed by atoms with Gasteiger partial charge in [-0.2, -0.15) is 5.48 Å². The molecule has 0 aliphatic rings. The third-order valence-corrected chi connectivity index (χ3v) is 4.14. The molecule has 144 valence electrons. The van der Waals surface area contributed by atoms with Crippen LogP contribution in [0.15, 0.2) is 42.5 Å². The second kappa shape index (κ2) is 9.21. The fraction of sp³-hybridized carbons (Fsp3) is 0.364. The largest absolute Gasteiger partial charge is 0.457 e. The van der Waals surface area contributed by atoms with Gasteiger partial charge in [0, 0.05) is 12.5 Å². The maximum absolute atomic E-state index is 12.8. The van der Waals surface area contributed by atoms with Crippen LogP contribution in [0.5, 0.6) is 5.75 Å². The van der Waals surface area contributed by atoms with Gasteiger partial charge in [-0.3, -0.25) is 4.79 Å². The first-order valence-corrected chi connectivity index (χ1v) is 9.12. The molecule has 5 heteroatoms. The van der Waals surface area contributed by atoms with Crippen LogP contribution in [-0.2, 0) is 16.1 Å². The van der Waals surface area contributed by atoms with Crippen LogP contribution in [0.1, 0.15) is 73.5 Å². The summed E-state index contributed by atoms with van der Waals surface area (Å²) in [7, 11) is 0. The van der Waals surface area contributed by atoms with Crippen LogP contribution in [0.2, 0.25) is 0 Å². The second-order valence-corrected chi connectivity index (χ2v) is 7.07. The standard InChI is InChI=1S/C22H27NO4/c1-14(2)20-18(22(25)26-13-17-9-7-6-8-10-17)11-12-19(21(20)15(3)4)27-23-16(5)24/h6-12,14-15H,13H2,1-5H3,(H,23,24). The molecule has 0 atom stereocenters. The fourth-order valence-corrected chi connectivity index (χ4v) is 3.03. The summed E-state index contributed by atoms with van der Waals surface area (Å²) >= 11 is 0. The number of carbonyl (C=O) groups is 2. The normalized spacial score (nSPS) is 10.8. The first-order valence-electron chi connectivity index (χ1n) is 9.12. The lowest BCUT2D eigenvalue weighted by molar-refractivity contribution is -0.125. The van der Waals surface area contributed by atoms with Gasteiger partial charge in [0.2, 0.25) is 5.91 Å². The topological polar surface area (TPSA) is 64.6 Å². The van der Waals surface area contributed by atoms with E-state index in [0.29, 0.717) is 11.3 Å². The molecule has 27 heavy (non-hydrogen) atoms. The number of esters is 1. The molecular weight excluding hydrogens is 342 g/mol. The number of hydrogen-bond acceptors (Lipinski definition) is 4. The van der Waals surface area contributed by atoms with Crippen molar-refractivity contribution in [3.8, 4) is 5.75 Å². The van der Waals surface area contributed by atoms with Gasteiger partial charge in [-0.15, -0.1) is 0 Å². The zero-order valence-corrected chi connectivity index (χ0v) is 16.5. The molecule has 0 heterocycles. The summed E-state index contributed by atoms with van der Waals surface area (Å²) in [5, 5.41) is 0. The number of hydrogen-bond donors (Lipinski definition) is 1. The molecule has 0 spiro atoms. The molecule has 0 aromatic heterocycles. The molecule has 2 rings (SSSR count). The van der Waals surface area contributed by atoms with Crippen molar-refractivity contribution >= 4 is 11.9 Å². The van der Waals surface area contributed by atoms with Gasteiger partial charge in [-0.05, 0) is 35.1 Å². The average Bonchev–Trinajstić information content (AvgIpc) is 2.64. The van der Waals surface area contributed by atoms with E-state index in [2.05, 4.69) is 5.48 Å². The maximum Gasteiger partial charge on any atom is 0.338 e. The number of hydroxylamine groups is 1. The SMILES string of the molecule is CC(=O)NOc1ccc(C(=O)OCc2ccccc2)c(C(C)C)c1C(C)C. The van der Waals surface area contributed by atoms with E-state index in [0.717, 1.165) is 16.7 Å². The molecule has 0 saturated carbocycles. The Morgan fingerprint density at radius 2 is 1.56 bits per heavy atom. The van der Waals surface area contributed by atoms with E-state index in [1.165, 1.54) is 6.92 Å². The van der Waals surface area contributed by atoms with E-state index in [1.807, 2.05) is 58.0 Å². The van der Waals surface area contributed by atoms with Gasteiger partial charge in [0.25, 0.3) is 0 Å². The number of ether oxygens (including phenoxy) is 1. The highest BCUT2D eigenvalue weighted by atomic mass is 16.7. The highest BCUT2D eigenvalue weighted by Gasteiger charge is 2.24. The van der Waals surface area contributed by atoms with Crippen molar-refractivity contribution in [2.45, 2.75) is 53.1 Å². The second-order valence-electron chi connectivity index (χ2n) is 7.07.